The lowest BCUT2D eigenvalue weighted by molar-refractivity contribution is -0.132. The molecular weight excluding hydrogens is 385 g/mol. The van der Waals surface area contributed by atoms with Crippen LogP contribution in [0.5, 0.6) is 0 Å². The van der Waals surface area contributed by atoms with E-state index >= 15 is 0 Å². The van der Waals surface area contributed by atoms with E-state index < -0.39 is 11.6 Å². The zero-order chi connectivity index (χ0) is 21.6. The molecule has 2 aromatic rings. The van der Waals surface area contributed by atoms with Crippen LogP contribution in [-0.2, 0) is 4.79 Å². The van der Waals surface area contributed by atoms with Crippen LogP contribution in [0.25, 0.3) is 5.69 Å². The number of Topliss-reactive ketones (excluding diaryl/α,β-unsaturated/α-hetero) is 1. The molecule has 1 N–H and O–H groups in total. The summed E-state index contributed by atoms with van der Waals surface area (Å²) in [7, 11) is 0. The van der Waals surface area contributed by atoms with Crippen molar-refractivity contribution in [1.82, 2.24) is 14.8 Å². The van der Waals surface area contributed by atoms with Gasteiger partial charge < -0.3 is 9.88 Å². The Morgan fingerprint density at radius 2 is 1.80 bits per heavy atom. The van der Waals surface area contributed by atoms with E-state index in [1.54, 1.807) is 25.1 Å². The molecule has 1 aromatic heterocycles. The number of aryl methyl sites for hydroxylation is 1. The van der Waals surface area contributed by atoms with Gasteiger partial charge in [0.15, 0.2) is 5.78 Å². The summed E-state index contributed by atoms with van der Waals surface area (Å²) < 4.78 is 15.1. The molecule has 1 aromatic carbocycles. The molecule has 0 radical (unpaired) electrons. The summed E-state index contributed by atoms with van der Waals surface area (Å²) in [5.74, 6) is -0.378. The third kappa shape index (κ3) is 3.32. The van der Waals surface area contributed by atoms with Gasteiger partial charge >= 0.3 is 6.03 Å². The molecule has 1 saturated heterocycles. The van der Waals surface area contributed by atoms with Gasteiger partial charge in [-0.2, -0.15) is 0 Å². The Kier molecular flexibility index (Phi) is 5.00. The summed E-state index contributed by atoms with van der Waals surface area (Å²) in [6.45, 7) is 5.53. The zero-order valence-corrected chi connectivity index (χ0v) is 17.5. The zero-order valence-electron chi connectivity index (χ0n) is 17.5. The van der Waals surface area contributed by atoms with Crippen LogP contribution in [0.15, 0.2) is 30.3 Å². The van der Waals surface area contributed by atoms with Gasteiger partial charge in [-0.05, 0) is 75.8 Å². The van der Waals surface area contributed by atoms with Gasteiger partial charge in [0.05, 0.1) is 6.54 Å². The van der Waals surface area contributed by atoms with Crippen LogP contribution in [0.4, 0.5) is 9.18 Å². The fourth-order valence-electron chi connectivity index (χ4n) is 4.67. The minimum absolute atomic E-state index is 0.282. The minimum atomic E-state index is -0.852. The van der Waals surface area contributed by atoms with Crippen LogP contribution >= 0.6 is 0 Å². The maximum Gasteiger partial charge on any atom is 0.325 e. The van der Waals surface area contributed by atoms with Crippen molar-refractivity contribution in [2.24, 2.45) is 5.92 Å². The van der Waals surface area contributed by atoms with Crippen LogP contribution in [0, 0.1) is 25.6 Å². The van der Waals surface area contributed by atoms with Crippen molar-refractivity contribution in [1.29, 1.82) is 0 Å². The van der Waals surface area contributed by atoms with Crippen molar-refractivity contribution in [2.75, 3.05) is 6.54 Å². The number of rotatable bonds is 4. The van der Waals surface area contributed by atoms with Gasteiger partial charge in [0.1, 0.15) is 11.4 Å². The molecule has 0 atom stereocenters. The number of urea groups is 1. The summed E-state index contributed by atoms with van der Waals surface area (Å²) >= 11 is 0. The molecule has 2 aliphatic rings. The molecule has 1 saturated carbocycles. The van der Waals surface area contributed by atoms with Crippen molar-refractivity contribution in [3.63, 3.8) is 0 Å². The number of nitrogens with one attached hydrogen (secondary N) is 1. The number of hydrogen-bond acceptors (Lipinski definition) is 3. The fourth-order valence-corrected chi connectivity index (χ4v) is 4.67. The van der Waals surface area contributed by atoms with Gasteiger partial charge in [-0.25, -0.2) is 9.18 Å². The lowest BCUT2D eigenvalue weighted by Crippen LogP contribution is -2.49. The summed E-state index contributed by atoms with van der Waals surface area (Å²) in [6, 6.07) is 7.29. The first kappa shape index (κ1) is 20.3. The number of aromatic nitrogens is 1. The van der Waals surface area contributed by atoms with Crippen LogP contribution < -0.4 is 5.32 Å². The quantitative estimate of drug-likeness (QED) is 0.612. The van der Waals surface area contributed by atoms with Crippen LogP contribution in [0.3, 0.4) is 0 Å². The number of nitrogens with zero attached hydrogens (tertiary/aromatic N) is 2. The lowest BCUT2D eigenvalue weighted by atomic mass is 9.77. The molecule has 1 spiro atoms. The SMILES string of the molecule is Cc1cc(C(=O)CN2C(=O)NC3(CCC(C)CC3)C2=O)c(C)n1-c1ccc(F)cc1. The van der Waals surface area contributed by atoms with E-state index in [9.17, 15) is 18.8 Å². The number of carbonyl (C=O) groups is 3. The lowest BCUT2D eigenvalue weighted by Gasteiger charge is -2.33. The molecule has 7 heteroatoms. The standard InChI is InChI=1S/C23H26FN3O3/c1-14-8-10-23(11-9-14)21(29)26(22(30)25-23)13-20(28)19-12-15(2)27(16(19)3)18-6-4-17(24)5-7-18/h4-7,12,14H,8-11,13H2,1-3H3,(H,25,30). The second kappa shape index (κ2) is 7.38. The van der Waals surface area contributed by atoms with Crippen LogP contribution in [-0.4, -0.2) is 39.3 Å². The molecule has 2 heterocycles. The van der Waals surface area contributed by atoms with Gasteiger partial charge in [-0.3, -0.25) is 14.5 Å². The molecule has 0 unspecified atom stereocenters. The van der Waals surface area contributed by atoms with Crippen molar-refractivity contribution in [2.45, 2.75) is 52.0 Å². The van der Waals surface area contributed by atoms with Gasteiger partial charge in [0.2, 0.25) is 0 Å². The minimum Gasteiger partial charge on any atom is -0.323 e. The Labute approximate surface area is 175 Å². The highest BCUT2D eigenvalue weighted by atomic mass is 19.1. The van der Waals surface area contributed by atoms with E-state index in [-0.39, 0.29) is 24.1 Å². The molecule has 2 fully saturated rings. The summed E-state index contributed by atoms with van der Waals surface area (Å²) in [5.41, 5.74) is 1.86. The second-order valence-corrected chi connectivity index (χ2v) is 8.61. The smallest absolute Gasteiger partial charge is 0.323 e. The van der Waals surface area contributed by atoms with Gasteiger partial charge in [0, 0.05) is 22.6 Å². The maximum atomic E-state index is 13.3. The Balaban J connectivity index is 1.56. The van der Waals surface area contributed by atoms with E-state index in [2.05, 4.69) is 12.2 Å². The highest BCUT2D eigenvalue weighted by Gasteiger charge is 2.52. The van der Waals surface area contributed by atoms with Gasteiger partial charge in [-0.1, -0.05) is 6.92 Å². The van der Waals surface area contributed by atoms with E-state index in [1.165, 1.54) is 12.1 Å². The number of imide groups is 1. The normalized spacial score (nSPS) is 23.9. The Bertz CT molecular complexity index is 1020. The number of ketones is 1. The monoisotopic (exact) mass is 411 g/mol. The van der Waals surface area contributed by atoms with E-state index in [1.807, 2.05) is 11.5 Å². The Morgan fingerprint density at radius 1 is 1.17 bits per heavy atom. The first-order valence-electron chi connectivity index (χ1n) is 10.3. The highest BCUT2D eigenvalue weighted by Crippen LogP contribution is 2.36. The van der Waals surface area contributed by atoms with Gasteiger partial charge in [0.25, 0.3) is 5.91 Å². The molecule has 4 rings (SSSR count). The molecule has 6 nitrogen and oxygen atoms in total. The first-order valence-corrected chi connectivity index (χ1v) is 10.3. The molecule has 158 valence electrons. The first-order chi connectivity index (χ1) is 14.2. The molecular formula is C23H26FN3O3. The third-order valence-electron chi connectivity index (χ3n) is 6.49. The topological polar surface area (TPSA) is 71.4 Å². The average Bonchev–Trinajstić information content (AvgIpc) is 3.13. The largest absolute Gasteiger partial charge is 0.325 e. The van der Waals surface area contributed by atoms with Crippen molar-refractivity contribution < 1.29 is 18.8 Å². The number of hydrogen-bond donors (Lipinski definition) is 1. The van der Waals surface area contributed by atoms with Crippen LogP contribution in [0.2, 0.25) is 0 Å². The third-order valence-corrected chi connectivity index (χ3v) is 6.49. The maximum absolute atomic E-state index is 13.3. The van der Waals surface area contributed by atoms with E-state index in [4.69, 9.17) is 0 Å². The molecule has 0 bridgehead atoms. The molecule has 3 amide bonds. The van der Waals surface area contributed by atoms with Crippen molar-refractivity contribution >= 4 is 17.7 Å². The molecule has 30 heavy (non-hydrogen) atoms. The Hall–Kier alpha value is -2.96. The van der Waals surface area contributed by atoms with E-state index in [0.717, 1.165) is 29.1 Å². The Morgan fingerprint density at radius 3 is 2.43 bits per heavy atom. The predicted octanol–water partition coefficient (Wildman–Crippen LogP) is 3.92. The average molecular weight is 411 g/mol. The molecule has 1 aliphatic carbocycles. The van der Waals surface area contributed by atoms with Gasteiger partial charge in [-0.15, -0.1) is 0 Å². The number of carbonyl (C=O) groups excluding carboxylic acids is 3. The predicted molar refractivity (Wildman–Crippen MR) is 110 cm³/mol. The highest BCUT2D eigenvalue weighted by molar-refractivity contribution is 6.11. The molecule has 1 aliphatic heterocycles. The summed E-state index contributed by atoms with van der Waals surface area (Å²) in [4.78, 5) is 39.6. The van der Waals surface area contributed by atoms with Crippen LogP contribution in [0.1, 0.15) is 54.4 Å². The number of benzene rings is 1. The second-order valence-electron chi connectivity index (χ2n) is 8.61. The van der Waals surface area contributed by atoms with Crippen molar-refractivity contribution in [3.8, 4) is 5.69 Å². The van der Waals surface area contributed by atoms with E-state index in [0.29, 0.717) is 30.0 Å². The number of amides is 3. The summed E-state index contributed by atoms with van der Waals surface area (Å²) in [5, 5.41) is 2.85. The fraction of sp³-hybridized carbons (Fsp3) is 0.435. The number of halogens is 1. The summed E-state index contributed by atoms with van der Waals surface area (Å²) in [6.07, 6.45) is 2.99. The van der Waals surface area contributed by atoms with Crippen molar-refractivity contribution in [3.05, 3.63) is 53.1 Å².